The molecule has 4 heteroatoms. The van der Waals surface area contributed by atoms with Gasteiger partial charge in [-0.1, -0.05) is 19.1 Å². The van der Waals surface area contributed by atoms with Gasteiger partial charge in [-0.05, 0) is 43.1 Å². The molecule has 1 aliphatic carbocycles. The number of rotatable bonds is 3. The van der Waals surface area contributed by atoms with E-state index in [4.69, 9.17) is 11.6 Å². The zero-order valence-corrected chi connectivity index (χ0v) is 11.3. The molecule has 1 saturated carbocycles. The van der Waals surface area contributed by atoms with Gasteiger partial charge in [0.25, 0.3) is 5.69 Å². The average Bonchev–Trinajstić information content (AvgIpc) is 2.34. The maximum atomic E-state index is 10.7. The second-order valence-electron chi connectivity index (χ2n) is 5.33. The van der Waals surface area contributed by atoms with Gasteiger partial charge in [0.1, 0.15) is 0 Å². The van der Waals surface area contributed by atoms with Gasteiger partial charge in [-0.15, -0.1) is 11.6 Å². The maximum Gasteiger partial charge on any atom is 0.269 e. The van der Waals surface area contributed by atoms with E-state index in [1.165, 1.54) is 12.5 Å². The highest BCUT2D eigenvalue weighted by Crippen LogP contribution is 2.34. The minimum absolute atomic E-state index is 0.169. The Hall–Kier alpha value is -1.09. The number of halogens is 1. The van der Waals surface area contributed by atoms with Crippen molar-refractivity contribution in [3.63, 3.8) is 0 Å². The Balaban J connectivity index is 2.08. The molecule has 0 radical (unpaired) electrons. The summed E-state index contributed by atoms with van der Waals surface area (Å²) in [6.45, 7) is 2.25. The number of non-ortho nitro benzene ring substituents is 1. The van der Waals surface area contributed by atoms with Gasteiger partial charge in [0.2, 0.25) is 0 Å². The Morgan fingerprint density at radius 1 is 1.44 bits per heavy atom. The van der Waals surface area contributed by atoms with Crippen molar-refractivity contribution in [1.29, 1.82) is 0 Å². The van der Waals surface area contributed by atoms with Crippen LogP contribution in [0, 0.1) is 22.0 Å². The molecule has 0 N–H and O–H groups in total. The lowest BCUT2D eigenvalue weighted by Crippen LogP contribution is -2.25. The first-order chi connectivity index (χ1) is 8.56. The lowest BCUT2D eigenvalue weighted by molar-refractivity contribution is -0.384. The monoisotopic (exact) mass is 267 g/mol. The molecule has 3 unspecified atom stereocenters. The molecule has 1 aromatic rings. The van der Waals surface area contributed by atoms with Crippen molar-refractivity contribution in [2.24, 2.45) is 11.8 Å². The van der Waals surface area contributed by atoms with Crippen molar-refractivity contribution in [2.45, 2.75) is 38.0 Å². The molecule has 0 heterocycles. The highest BCUT2D eigenvalue weighted by molar-refractivity contribution is 6.20. The summed E-state index contributed by atoms with van der Waals surface area (Å²) in [6.07, 6.45) is 4.22. The Labute approximate surface area is 112 Å². The van der Waals surface area contributed by atoms with Crippen LogP contribution in [0.4, 0.5) is 5.69 Å². The molecular formula is C14H18ClNO2. The van der Waals surface area contributed by atoms with Gasteiger partial charge in [-0.3, -0.25) is 10.1 Å². The number of nitro groups is 1. The number of alkyl halides is 1. The Morgan fingerprint density at radius 3 is 2.94 bits per heavy atom. The third-order valence-corrected chi connectivity index (χ3v) is 4.35. The second-order valence-corrected chi connectivity index (χ2v) is 5.89. The second kappa shape index (κ2) is 5.70. The molecule has 1 aromatic carbocycles. The van der Waals surface area contributed by atoms with Crippen LogP contribution in [-0.2, 0) is 6.42 Å². The topological polar surface area (TPSA) is 43.1 Å². The maximum absolute atomic E-state index is 10.7. The molecule has 0 saturated heterocycles. The third kappa shape index (κ3) is 3.22. The van der Waals surface area contributed by atoms with E-state index in [9.17, 15) is 10.1 Å². The van der Waals surface area contributed by atoms with Gasteiger partial charge in [-0.25, -0.2) is 0 Å². The van der Waals surface area contributed by atoms with Gasteiger partial charge in [0, 0.05) is 17.5 Å². The molecule has 98 valence electrons. The minimum Gasteiger partial charge on any atom is -0.258 e. The zero-order valence-electron chi connectivity index (χ0n) is 10.5. The number of hydrogen-bond donors (Lipinski definition) is 0. The van der Waals surface area contributed by atoms with Crippen molar-refractivity contribution in [3.05, 3.63) is 39.9 Å². The molecule has 2 rings (SSSR count). The molecule has 1 fully saturated rings. The fraction of sp³-hybridized carbons (Fsp3) is 0.571. The Bertz CT molecular complexity index is 436. The van der Waals surface area contributed by atoms with E-state index in [0.717, 1.165) is 24.8 Å². The van der Waals surface area contributed by atoms with Crippen molar-refractivity contribution in [3.8, 4) is 0 Å². The van der Waals surface area contributed by atoms with Crippen LogP contribution in [0.5, 0.6) is 0 Å². The van der Waals surface area contributed by atoms with Crippen LogP contribution in [0.2, 0.25) is 0 Å². The largest absolute Gasteiger partial charge is 0.269 e. The summed E-state index contributed by atoms with van der Waals surface area (Å²) in [5.41, 5.74) is 1.19. The van der Waals surface area contributed by atoms with Gasteiger partial charge < -0.3 is 0 Å². The summed E-state index contributed by atoms with van der Waals surface area (Å²) in [5.74, 6) is 1.15. The molecule has 3 atom stereocenters. The van der Waals surface area contributed by atoms with E-state index < -0.39 is 0 Å². The SMILES string of the molecule is CC1CCC(Cl)C(Cc2cccc([N+](=O)[O-])c2)C1. The predicted molar refractivity (Wildman–Crippen MR) is 72.9 cm³/mol. The van der Waals surface area contributed by atoms with E-state index >= 15 is 0 Å². The number of nitro benzene ring substituents is 1. The first-order valence-corrected chi connectivity index (χ1v) is 6.87. The summed E-state index contributed by atoms with van der Waals surface area (Å²) in [4.78, 5) is 10.4. The summed E-state index contributed by atoms with van der Waals surface area (Å²) < 4.78 is 0. The molecule has 3 nitrogen and oxygen atoms in total. The first-order valence-electron chi connectivity index (χ1n) is 6.43. The summed E-state index contributed by atoms with van der Waals surface area (Å²) in [6, 6.07) is 6.91. The lowest BCUT2D eigenvalue weighted by atomic mass is 9.79. The molecule has 0 spiro atoms. The third-order valence-electron chi connectivity index (χ3n) is 3.77. The number of hydrogen-bond acceptors (Lipinski definition) is 2. The molecule has 0 aliphatic heterocycles. The van der Waals surface area contributed by atoms with E-state index in [0.29, 0.717) is 11.8 Å². The van der Waals surface area contributed by atoms with Gasteiger partial charge in [0.05, 0.1) is 4.92 Å². The highest BCUT2D eigenvalue weighted by atomic mass is 35.5. The van der Waals surface area contributed by atoms with Crippen LogP contribution in [0.15, 0.2) is 24.3 Å². The molecule has 0 aromatic heterocycles. The molecule has 0 amide bonds. The van der Waals surface area contributed by atoms with Crippen molar-refractivity contribution in [1.82, 2.24) is 0 Å². The average molecular weight is 268 g/mol. The molecule has 18 heavy (non-hydrogen) atoms. The van der Waals surface area contributed by atoms with Crippen LogP contribution in [0.3, 0.4) is 0 Å². The van der Waals surface area contributed by atoms with Gasteiger partial charge in [0.15, 0.2) is 0 Å². The molecule has 0 bridgehead atoms. The Kier molecular flexibility index (Phi) is 4.23. The van der Waals surface area contributed by atoms with Gasteiger partial charge >= 0.3 is 0 Å². The van der Waals surface area contributed by atoms with Crippen LogP contribution in [0.25, 0.3) is 0 Å². The smallest absolute Gasteiger partial charge is 0.258 e. The Morgan fingerprint density at radius 2 is 2.22 bits per heavy atom. The molecular weight excluding hydrogens is 250 g/mol. The number of nitrogens with zero attached hydrogens (tertiary/aromatic N) is 1. The van der Waals surface area contributed by atoms with Crippen molar-refractivity contribution < 1.29 is 4.92 Å². The van der Waals surface area contributed by atoms with E-state index in [-0.39, 0.29) is 16.0 Å². The van der Waals surface area contributed by atoms with Gasteiger partial charge in [-0.2, -0.15) is 0 Å². The summed E-state index contributed by atoms with van der Waals surface area (Å²) >= 11 is 6.37. The quantitative estimate of drug-likeness (QED) is 0.468. The van der Waals surface area contributed by atoms with E-state index in [1.807, 2.05) is 6.07 Å². The fourth-order valence-corrected chi connectivity index (χ4v) is 3.09. The van der Waals surface area contributed by atoms with Crippen molar-refractivity contribution >= 4 is 17.3 Å². The predicted octanol–water partition coefficient (Wildman–Crippen LogP) is 4.18. The van der Waals surface area contributed by atoms with E-state index in [1.54, 1.807) is 12.1 Å². The van der Waals surface area contributed by atoms with Crippen LogP contribution >= 0.6 is 11.6 Å². The van der Waals surface area contributed by atoms with E-state index in [2.05, 4.69) is 6.92 Å². The standard InChI is InChI=1S/C14H18ClNO2/c1-10-5-6-14(15)12(7-10)8-11-3-2-4-13(9-11)16(17)18/h2-4,9-10,12,14H,5-8H2,1H3. The fourth-order valence-electron chi connectivity index (χ4n) is 2.77. The molecule has 1 aliphatic rings. The van der Waals surface area contributed by atoms with Crippen LogP contribution in [0.1, 0.15) is 31.7 Å². The van der Waals surface area contributed by atoms with Crippen LogP contribution < -0.4 is 0 Å². The van der Waals surface area contributed by atoms with Crippen molar-refractivity contribution in [2.75, 3.05) is 0 Å². The highest BCUT2D eigenvalue weighted by Gasteiger charge is 2.27. The zero-order chi connectivity index (χ0) is 13.1. The van der Waals surface area contributed by atoms with Crippen LogP contribution in [-0.4, -0.2) is 10.3 Å². The lowest BCUT2D eigenvalue weighted by Gasteiger charge is -2.31. The summed E-state index contributed by atoms with van der Waals surface area (Å²) in [5, 5.41) is 11.0. The normalized spacial score (nSPS) is 28.0. The first kappa shape index (κ1) is 13.3. The minimum atomic E-state index is -0.342. The number of benzene rings is 1. The summed E-state index contributed by atoms with van der Waals surface area (Å²) in [7, 11) is 0.